The van der Waals surface area contributed by atoms with E-state index in [9.17, 15) is 9.59 Å². The van der Waals surface area contributed by atoms with E-state index in [4.69, 9.17) is 16.7 Å². The highest BCUT2D eigenvalue weighted by atomic mass is 79.9. The summed E-state index contributed by atoms with van der Waals surface area (Å²) in [4.78, 5) is 25.5. The van der Waals surface area contributed by atoms with Gasteiger partial charge in [-0.25, -0.2) is 4.98 Å². The van der Waals surface area contributed by atoms with Crippen molar-refractivity contribution in [3.05, 3.63) is 21.9 Å². The topological polar surface area (TPSA) is 79.3 Å². The lowest BCUT2D eigenvalue weighted by Crippen LogP contribution is -2.16. The molecule has 0 spiro atoms. The van der Waals surface area contributed by atoms with Crippen LogP contribution in [0.15, 0.2) is 16.7 Å². The largest absolute Gasteiger partial charge is 0.481 e. The first-order valence-electron chi connectivity index (χ1n) is 4.39. The maximum absolute atomic E-state index is 11.4. The molecule has 1 heterocycles. The number of halogens is 2. The normalized spacial score (nSPS) is 10.0. The van der Waals surface area contributed by atoms with Gasteiger partial charge in [0.1, 0.15) is 0 Å². The molecule has 0 radical (unpaired) electrons. The van der Waals surface area contributed by atoms with Crippen LogP contribution in [0.4, 0.5) is 5.69 Å². The number of hydrogen-bond donors (Lipinski definition) is 2. The summed E-state index contributed by atoms with van der Waals surface area (Å²) in [5, 5.41) is 11.1. The summed E-state index contributed by atoms with van der Waals surface area (Å²) in [6.07, 6.45) is 1.51. The fourth-order valence-electron chi connectivity index (χ4n) is 0.928. The molecule has 5 nitrogen and oxygen atoms in total. The Labute approximate surface area is 115 Å². The zero-order valence-corrected chi connectivity index (χ0v) is 11.6. The molecule has 0 saturated heterocycles. The van der Waals surface area contributed by atoms with Gasteiger partial charge in [0.05, 0.1) is 17.2 Å². The number of carboxylic acids is 1. The number of nitrogens with zero attached hydrogens (tertiary/aromatic N) is 1. The zero-order chi connectivity index (χ0) is 12.8. The number of aromatic nitrogens is 1. The van der Waals surface area contributed by atoms with E-state index in [2.05, 4.69) is 26.2 Å². The van der Waals surface area contributed by atoms with Crippen LogP contribution in [-0.2, 0) is 9.59 Å². The standard InChI is InChI=1S/C9H8BrClN2O3S/c10-5-1-6(9(11)12-2-5)13-7(14)3-17-4-8(15)16/h1-2H,3-4H2,(H,13,14)(H,15,16). The Morgan fingerprint density at radius 3 is 2.88 bits per heavy atom. The molecule has 0 bridgehead atoms. The van der Waals surface area contributed by atoms with Crippen LogP contribution < -0.4 is 5.32 Å². The monoisotopic (exact) mass is 338 g/mol. The van der Waals surface area contributed by atoms with Crippen LogP contribution >= 0.6 is 39.3 Å². The summed E-state index contributed by atoms with van der Waals surface area (Å²) in [7, 11) is 0. The number of thioether (sulfide) groups is 1. The number of hydrogen-bond acceptors (Lipinski definition) is 4. The molecule has 0 aliphatic carbocycles. The maximum Gasteiger partial charge on any atom is 0.313 e. The fourth-order valence-corrected chi connectivity index (χ4v) is 1.94. The second-order valence-electron chi connectivity index (χ2n) is 2.93. The highest BCUT2D eigenvalue weighted by Crippen LogP contribution is 2.23. The van der Waals surface area contributed by atoms with Crippen LogP contribution in [0.3, 0.4) is 0 Å². The Balaban J connectivity index is 2.50. The number of nitrogens with one attached hydrogen (secondary N) is 1. The molecular formula is C9H8BrClN2O3S. The highest BCUT2D eigenvalue weighted by molar-refractivity contribution is 9.10. The van der Waals surface area contributed by atoms with Crippen molar-refractivity contribution in [2.24, 2.45) is 0 Å². The SMILES string of the molecule is O=C(O)CSCC(=O)Nc1cc(Br)cnc1Cl. The van der Waals surface area contributed by atoms with Gasteiger partial charge >= 0.3 is 5.97 Å². The van der Waals surface area contributed by atoms with E-state index < -0.39 is 5.97 Å². The van der Waals surface area contributed by atoms with Crippen LogP contribution in [0, 0.1) is 0 Å². The van der Waals surface area contributed by atoms with Gasteiger partial charge in [0.2, 0.25) is 5.91 Å². The molecule has 2 N–H and O–H groups in total. The molecule has 0 aromatic carbocycles. The molecule has 17 heavy (non-hydrogen) atoms. The van der Waals surface area contributed by atoms with Crippen molar-refractivity contribution in [1.82, 2.24) is 4.98 Å². The quantitative estimate of drug-likeness (QED) is 0.804. The molecule has 8 heteroatoms. The van der Waals surface area contributed by atoms with Crippen molar-refractivity contribution in [2.45, 2.75) is 0 Å². The van der Waals surface area contributed by atoms with Crippen LogP contribution in [0.2, 0.25) is 5.15 Å². The molecule has 92 valence electrons. The van der Waals surface area contributed by atoms with E-state index in [0.717, 1.165) is 11.8 Å². The first kappa shape index (κ1) is 14.3. The molecular weight excluding hydrogens is 332 g/mol. The molecule has 1 rings (SSSR count). The maximum atomic E-state index is 11.4. The summed E-state index contributed by atoms with van der Waals surface area (Å²) in [6, 6.07) is 1.62. The van der Waals surface area contributed by atoms with Gasteiger partial charge in [-0.3, -0.25) is 9.59 Å². The van der Waals surface area contributed by atoms with E-state index in [1.807, 2.05) is 0 Å². The van der Waals surface area contributed by atoms with Crippen LogP contribution in [0.1, 0.15) is 0 Å². The zero-order valence-electron chi connectivity index (χ0n) is 8.44. The molecule has 0 aliphatic rings. The van der Waals surface area contributed by atoms with Gasteiger partial charge in [-0.1, -0.05) is 11.6 Å². The Morgan fingerprint density at radius 1 is 1.53 bits per heavy atom. The summed E-state index contributed by atoms with van der Waals surface area (Å²) >= 11 is 9.99. The first-order valence-corrected chi connectivity index (χ1v) is 6.72. The Hall–Kier alpha value is -0.790. The number of rotatable bonds is 5. The third-order valence-corrected chi connectivity index (χ3v) is 3.19. The molecule has 1 amide bonds. The number of amides is 1. The number of carbonyl (C=O) groups excluding carboxylic acids is 1. The van der Waals surface area contributed by atoms with E-state index in [-0.39, 0.29) is 22.6 Å². The number of aliphatic carboxylic acids is 1. The molecule has 0 aliphatic heterocycles. The van der Waals surface area contributed by atoms with Crippen LogP contribution in [0.5, 0.6) is 0 Å². The third kappa shape index (κ3) is 5.38. The average molecular weight is 340 g/mol. The number of anilines is 1. The number of carboxylic acid groups (broad SMARTS) is 1. The summed E-state index contributed by atoms with van der Waals surface area (Å²) in [5.74, 6) is -1.34. The lowest BCUT2D eigenvalue weighted by atomic mass is 10.4. The third-order valence-electron chi connectivity index (χ3n) is 1.54. The Kier molecular flexibility index (Phi) is 5.73. The highest BCUT2D eigenvalue weighted by Gasteiger charge is 2.08. The summed E-state index contributed by atoms with van der Waals surface area (Å²) in [5.41, 5.74) is 0.391. The average Bonchev–Trinajstić information content (AvgIpc) is 2.23. The van der Waals surface area contributed by atoms with Crippen molar-refractivity contribution in [3.63, 3.8) is 0 Å². The minimum atomic E-state index is -0.954. The van der Waals surface area contributed by atoms with Gasteiger partial charge in [0, 0.05) is 10.7 Å². The van der Waals surface area contributed by atoms with E-state index >= 15 is 0 Å². The van der Waals surface area contributed by atoms with Crippen molar-refractivity contribution < 1.29 is 14.7 Å². The van der Waals surface area contributed by atoms with Crippen LogP contribution in [-0.4, -0.2) is 33.5 Å². The molecule has 0 unspecified atom stereocenters. The number of carbonyl (C=O) groups is 2. The van der Waals surface area contributed by atoms with Gasteiger partial charge in [-0.15, -0.1) is 11.8 Å². The molecule has 0 fully saturated rings. The Bertz CT molecular complexity index is 444. The van der Waals surface area contributed by atoms with Gasteiger partial charge in [-0.05, 0) is 22.0 Å². The van der Waals surface area contributed by atoms with Crippen LogP contribution in [0.25, 0.3) is 0 Å². The predicted octanol–water partition coefficient (Wildman–Crippen LogP) is 2.25. The minimum absolute atomic E-state index is 0.0507. The van der Waals surface area contributed by atoms with Gasteiger partial charge in [0.15, 0.2) is 5.15 Å². The second-order valence-corrected chi connectivity index (χ2v) is 5.19. The summed E-state index contributed by atoms with van der Waals surface area (Å²) in [6.45, 7) is 0. The van der Waals surface area contributed by atoms with E-state index in [1.165, 1.54) is 6.20 Å². The molecule has 0 saturated carbocycles. The van der Waals surface area contributed by atoms with Gasteiger partial charge in [0.25, 0.3) is 0 Å². The lowest BCUT2D eigenvalue weighted by Gasteiger charge is -2.06. The van der Waals surface area contributed by atoms with Crippen molar-refractivity contribution in [2.75, 3.05) is 16.8 Å². The van der Waals surface area contributed by atoms with E-state index in [0.29, 0.717) is 10.2 Å². The van der Waals surface area contributed by atoms with Crippen molar-refractivity contribution >= 4 is 56.9 Å². The molecule has 1 aromatic rings. The molecule has 1 aromatic heterocycles. The molecule has 0 atom stereocenters. The van der Waals surface area contributed by atoms with Gasteiger partial charge in [-0.2, -0.15) is 0 Å². The van der Waals surface area contributed by atoms with Crippen molar-refractivity contribution in [3.8, 4) is 0 Å². The lowest BCUT2D eigenvalue weighted by molar-refractivity contribution is -0.133. The fraction of sp³-hybridized carbons (Fsp3) is 0.222. The predicted molar refractivity (Wildman–Crippen MR) is 70.5 cm³/mol. The smallest absolute Gasteiger partial charge is 0.313 e. The summed E-state index contributed by atoms with van der Waals surface area (Å²) < 4.78 is 0.690. The first-order chi connectivity index (χ1) is 7.99. The van der Waals surface area contributed by atoms with Crippen molar-refractivity contribution in [1.29, 1.82) is 0 Å². The minimum Gasteiger partial charge on any atom is -0.481 e. The number of pyridine rings is 1. The second kappa shape index (κ2) is 6.83. The van der Waals surface area contributed by atoms with E-state index in [1.54, 1.807) is 6.07 Å². The Morgan fingerprint density at radius 2 is 2.24 bits per heavy atom. The van der Waals surface area contributed by atoms with Gasteiger partial charge < -0.3 is 10.4 Å².